The number of aromatic amines is 1. The van der Waals surface area contributed by atoms with E-state index < -0.39 is 12.8 Å². The zero-order chi connectivity index (χ0) is 22.0. The summed E-state index contributed by atoms with van der Waals surface area (Å²) in [7, 11) is 0. The number of carbonyl (C=O) groups excluding carboxylic acids is 1. The van der Waals surface area contributed by atoms with Crippen LogP contribution in [0.4, 0.5) is 18.9 Å². The number of H-pyrrole nitrogens is 1. The zero-order valence-corrected chi connectivity index (χ0v) is 17.8. The van der Waals surface area contributed by atoms with Crippen molar-refractivity contribution in [3.8, 4) is 5.75 Å². The molecule has 1 aromatic carbocycles. The van der Waals surface area contributed by atoms with E-state index in [1.165, 1.54) is 40.9 Å². The normalized spacial score (nSPS) is 13.4. The second-order valence-corrected chi connectivity index (χ2v) is 9.09. The summed E-state index contributed by atoms with van der Waals surface area (Å²) in [5.74, 6) is 0.837. The Morgan fingerprint density at radius 1 is 1.26 bits per heavy atom. The minimum absolute atomic E-state index is 0.0645. The van der Waals surface area contributed by atoms with Crippen molar-refractivity contribution in [1.29, 1.82) is 0 Å². The Kier molecular flexibility index (Phi) is 6.24. The van der Waals surface area contributed by atoms with E-state index in [2.05, 4.69) is 20.0 Å². The third-order valence-corrected chi connectivity index (χ3v) is 6.77. The number of aromatic nitrogens is 2. The number of anilines is 1. The van der Waals surface area contributed by atoms with Gasteiger partial charge in [0.05, 0.1) is 16.9 Å². The molecule has 0 saturated heterocycles. The molecule has 0 radical (unpaired) electrons. The molecule has 0 bridgehead atoms. The number of nitrogens with one attached hydrogen (secondary N) is 2. The van der Waals surface area contributed by atoms with Crippen LogP contribution in [0.1, 0.15) is 22.7 Å². The van der Waals surface area contributed by atoms with Gasteiger partial charge in [-0.05, 0) is 49.1 Å². The number of nitrogens with zero attached hydrogens (tertiary/aromatic N) is 1. The van der Waals surface area contributed by atoms with Gasteiger partial charge in [-0.3, -0.25) is 9.59 Å². The first kappa shape index (κ1) is 21.7. The van der Waals surface area contributed by atoms with Crippen molar-refractivity contribution in [2.24, 2.45) is 0 Å². The fourth-order valence-corrected chi connectivity index (χ4v) is 5.32. The van der Waals surface area contributed by atoms with Gasteiger partial charge in [-0.15, -0.1) is 23.1 Å². The topological polar surface area (TPSA) is 84.1 Å². The van der Waals surface area contributed by atoms with Crippen LogP contribution < -0.4 is 15.6 Å². The van der Waals surface area contributed by atoms with Crippen LogP contribution in [0.5, 0.6) is 5.75 Å². The number of thiophene rings is 1. The summed E-state index contributed by atoms with van der Waals surface area (Å²) in [6.07, 6.45) is -1.41. The van der Waals surface area contributed by atoms with Gasteiger partial charge in [0.1, 0.15) is 16.4 Å². The average Bonchev–Trinajstić information content (AvgIpc) is 3.27. The van der Waals surface area contributed by atoms with Gasteiger partial charge in [0.15, 0.2) is 6.61 Å². The first-order valence-corrected chi connectivity index (χ1v) is 11.5. The van der Waals surface area contributed by atoms with E-state index in [4.69, 9.17) is 0 Å². The van der Waals surface area contributed by atoms with Gasteiger partial charge in [-0.2, -0.15) is 13.2 Å². The highest BCUT2D eigenvalue weighted by Gasteiger charge is 2.28. The molecule has 1 aliphatic rings. The highest BCUT2D eigenvalue weighted by molar-refractivity contribution is 7.99. The predicted octanol–water partition coefficient (Wildman–Crippen LogP) is 4.29. The molecule has 4 rings (SSSR count). The van der Waals surface area contributed by atoms with Gasteiger partial charge < -0.3 is 15.0 Å². The number of aryl methyl sites for hydroxylation is 2. The number of rotatable bonds is 7. The summed E-state index contributed by atoms with van der Waals surface area (Å²) in [5, 5.41) is 3.37. The maximum Gasteiger partial charge on any atom is 0.422 e. The van der Waals surface area contributed by atoms with Crippen molar-refractivity contribution in [2.75, 3.05) is 17.7 Å². The molecule has 0 unspecified atom stereocenters. The van der Waals surface area contributed by atoms with Crippen molar-refractivity contribution in [3.05, 3.63) is 50.9 Å². The molecule has 0 aliphatic heterocycles. The van der Waals surface area contributed by atoms with Crippen molar-refractivity contribution < 1.29 is 22.7 Å². The Morgan fingerprint density at radius 2 is 2.03 bits per heavy atom. The number of carbonyl (C=O) groups is 1. The van der Waals surface area contributed by atoms with E-state index in [-0.39, 0.29) is 23.0 Å². The highest BCUT2D eigenvalue weighted by Crippen LogP contribution is 2.34. The summed E-state index contributed by atoms with van der Waals surface area (Å²) in [5.41, 5.74) is 1.45. The Bertz CT molecular complexity index is 1160. The zero-order valence-electron chi connectivity index (χ0n) is 16.2. The van der Waals surface area contributed by atoms with E-state index in [9.17, 15) is 22.8 Å². The molecular weight excluding hydrogens is 451 g/mol. The third-order valence-electron chi connectivity index (χ3n) is 4.64. The van der Waals surface area contributed by atoms with E-state index in [0.29, 0.717) is 22.7 Å². The molecule has 164 valence electrons. The van der Waals surface area contributed by atoms with Gasteiger partial charge in [-0.1, -0.05) is 0 Å². The number of amides is 1. The number of hydrogen-bond acceptors (Lipinski definition) is 6. The quantitative estimate of drug-likeness (QED) is 0.540. The standard InChI is InChI=1S/C20H18F3N3O3S2/c21-20(22,23)10-29-12-6-4-11(5-7-12)24-16(27)9-30-8-15-25-18(28)17-13-2-1-3-14(13)31-19(17)26-15/h4-7H,1-3,8-10H2,(H,24,27)(H,25,26,28). The summed E-state index contributed by atoms with van der Waals surface area (Å²) in [6, 6.07) is 5.65. The molecule has 0 fully saturated rings. The number of fused-ring (bicyclic) bond motifs is 3. The smallest absolute Gasteiger partial charge is 0.422 e. The number of halogens is 3. The lowest BCUT2D eigenvalue weighted by molar-refractivity contribution is -0.153. The van der Waals surface area contributed by atoms with E-state index in [1.54, 1.807) is 11.3 Å². The fraction of sp³-hybridized carbons (Fsp3) is 0.350. The number of benzene rings is 1. The van der Waals surface area contributed by atoms with Crippen LogP contribution in [0, 0.1) is 0 Å². The Morgan fingerprint density at radius 3 is 2.77 bits per heavy atom. The maximum atomic E-state index is 12.4. The number of ether oxygens (including phenoxy) is 1. The second kappa shape index (κ2) is 8.91. The molecule has 2 aromatic heterocycles. The molecule has 0 spiro atoms. The van der Waals surface area contributed by atoms with Gasteiger partial charge in [0, 0.05) is 10.6 Å². The summed E-state index contributed by atoms with van der Waals surface area (Å²) < 4.78 is 41.1. The molecular formula is C20H18F3N3O3S2. The third kappa shape index (κ3) is 5.40. The van der Waals surface area contributed by atoms with Crippen LogP contribution >= 0.6 is 23.1 Å². The molecule has 1 amide bonds. The fourth-order valence-electron chi connectivity index (χ4n) is 3.35. The summed E-state index contributed by atoms with van der Waals surface area (Å²) in [6.45, 7) is -1.37. The Labute approximate surface area is 183 Å². The number of hydrogen-bond donors (Lipinski definition) is 2. The lowest BCUT2D eigenvalue weighted by Gasteiger charge is -2.10. The molecule has 31 heavy (non-hydrogen) atoms. The molecule has 3 aromatic rings. The molecule has 2 heterocycles. The number of alkyl halides is 3. The van der Waals surface area contributed by atoms with Gasteiger partial charge in [0.25, 0.3) is 5.56 Å². The van der Waals surface area contributed by atoms with Gasteiger partial charge in [-0.25, -0.2) is 4.98 Å². The van der Waals surface area contributed by atoms with Crippen LogP contribution in [0.3, 0.4) is 0 Å². The predicted molar refractivity (Wildman–Crippen MR) is 115 cm³/mol. The molecule has 11 heteroatoms. The maximum absolute atomic E-state index is 12.4. The van der Waals surface area contributed by atoms with Crippen molar-refractivity contribution in [1.82, 2.24) is 9.97 Å². The Balaban J connectivity index is 1.28. The summed E-state index contributed by atoms with van der Waals surface area (Å²) in [4.78, 5) is 33.9. The van der Waals surface area contributed by atoms with Crippen LogP contribution in [-0.4, -0.2) is 34.4 Å². The first-order chi connectivity index (χ1) is 14.8. The minimum Gasteiger partial charge on any atom is -0.484 e. The first-order valence-electron chi connectivity index (χ1n) is 9.49. The van der Waals surface area contributed by atoms with Crippen molar-refractivity contribution in [2.45, 2.75) is 31.2 Å². The number of thioether (sulfide) groups is 1. The molecule has 0 saturated carbocycles. The highest BCUT2D eigenvalue weighted by atomic mass is 32.2. The lowest BCUT2D eigenvalue weighted by atomic mass is 10.2. The van der Waals surface area contributed by atoms with E-state index >= 15 is 0 Å². The van der Waals surface area contributed by atoms with Crippen LogP contribution in [0.2, 0.25) is 0 Å². The lowest BCUT2D eigenvalue weighted by Crippen LogP contribution is -2.19. The monoisotopic (exact) mass is 469 g/mol. The van der Waals surface area contributed by atoms with Gasteiger partial charge >= 0.3 is 6.18 Å². The van der Waals surface area contributed by atoms with Crippen molar-refractivity contribution in [3.63, 3.8) is 0 Å². The molecule has 0 atom stereocenters. The summed E-state index contributed by atoms with van der Waals surface area (Å²) >= 11 is 2.88. The van der Waals surface area contributed by atoms with Crippen LogP contribution in [0.25, 0.3) is 10.2 Å². The molecule has 2 N–H and O–H groups in total. The molecule has 6 nitrogen and oxygen atoms in total. The van der Waals surface area contributed by atoms with Crippen molar-refractivity contribution >= 4 is 44.9 Å². The second-order valence-electron chi connectivity index (χ2n) is 7.02. The van der Waals surface area contributed by atoms with E-state index in [0.717, 1.165) is 29.7 Å². The molecule has 1 aliphatic carbocycles. The van der Waals surface area contributed by atoms with Gasteiger partial charge in [0.2, 0.25) is 5.91 Å². The van der Waals surface area contributed by atoms with E-state index in [1.807, 2.05) is 0 Å². The Hall–Kier alpha value is -2.53. The van der Waals surface area contributed by atoms with Crippen LogP contribution in [0.15, 0.2) is 29.1 Å². The average molecular weight is 470 g/mol. The largest absolute Gasteiger partial charge is 0.484 e. The minimum atomic E-state index is -4.41. The van der Waals surface area contributed by atoms with Crippen LogP contribution in [-0.2, 0) is 23.4 Å². The SMILES string of the molecule is O=C(CSCc1nc2sc3c(c2c(=O)[nH]1)CCC3)Nc1ccc(OCC(F)(F)F)cc1.